The molecule has 1 aliphatic rings. The van der Waals surface area contributed by atoms with Crippen LogP contribution in [0.25, 0.3) is 0 Å². The summed E-state index contributed by atoms with van der Waals surface area (Å²) in [5.74, 6) is 0. The first kappa shape index (κ1) is 21.6. The highest BCUT2D eigenvalue weighted by atomic mass is 16.6. The number of rotatable bonds is 14. The average molecular weight is 343 g/mol. The lowest BCUT2D eigenvalue weighted by Gasteiger charge is -2.40. The highest BCUT2D eigenvalue weighted by molar-refractivity contribution is 4.94. The maximum atomic E-state index is 6.16. The van der Waals surface area contributed by atoms with E-state index < -0.39 is 0 Å². The lowest BCUT2D eigenvalue weighted by atomic mass is 9.97. The first-order chi connectivity index (χ1) is 11.8. The summed E-state index contributed by atoms with van der Waals surface area (Å²) in [6.07, 6.45) is 9.26. The van der Waals surface area contributed by atoms with E-state index in [0.717, 1.165) is 64.8 Å². The van der Waals surface area contributed by atoms with Gasteiger partial charge in [-0.05, 0) is 19.3 Å². The summed E-state index contributed by atoms with van der Waals surface area (Å²) in [6, 6.07) is 0. The van der Waals surface area contributed by atoms with E-state index in [1.165, 1.54) is 0 Å². The summed E-state index contributed by atoms with van der Waals surface area (Å²) < 4.78 is 24.3. The molecule has 4 atom stereocenters. The van der Waals surface area contributed by atoms with Crippen LogP contribution in [0.3, 0.4) is 0 Å². The molecule has 0 radical (unpaired) electrons. The van der Waals surface area contributed by atoms with Gasteiger partial charge >= 0.3 is 0 Å². The fourth-order valence-corrected chi connectivity index (χ4v) is 2.81. The number of hydrogen-bond acceptors (Lipinski definition) is 4. The fraction of sp³-hybridized carbons (Fsp3) is 0.900. The third-order valence-corrected chi connectivity index (χ3v) is 4.37. The largest absolute Gasteiger partial charge is 0.379 e. The van der Waals surface area contributed by atoms with E-state index in [2.05, 4.69) is 27.4 Å². The first-order valence-electron chi connectivity index (χ1n) is 9.85. The van der Waals surface area contributed by atoms with Crippen LogP contribution in [-0.2, 0) is 18.9 Å². The van der Waals surface area contributed by atoms with Gasteiger partial charge in [0.1, 0.15) is 12.2 Å². The Hall–Kier alpha value is -0.420. The summed E-state index contributed by atoms with van der Waals surface area (Å²) in [6.45, 7) is 13.3. The Kier molecular flexibility index (Phi) is 12.5. The predicted octanol–water partition coefficient (Wildman–Crippen LogP) is 4.52. The average Bonchev–Trinajstić information content (AvgIpc) is 2.60. The molecule has 1 saturated heterocycles. The Balaban J connectivity index is 2.64. The van der Waals surface area contributed by atoms with Crippen LogP contribution < -0.4 is 0 Å². The third-order valence-electron chi connectivity index (χ3n) is 4.37. The van der Waals surface area contributed by atoms with Crippen LogP contribution in [0.5, 0.6) is 0 Å². The molecule has 1 heterocycles. The summed E-state index contributed by atoms with van der Waals surface area (Å²) in [4.78, 5) is 0. The summed E-state index contributed by atoms with van der Waals surface area (Å²) in [5.41, 5.74) is 0. The zero-order valence-electron chi connectivity index (χ0n) is 16.0. The quantitative estimate of drug-likeness (QED) is 0.344. The van der Waals surface area contributed by atoms with Crippen molar-refractivity contribution >= 4 is 0 Å². The standard InChI is InChI=1S/C20H38O4/c1-5-9-12-21-16-19-20(23-14-11-7-3)18(22-13-10-6-2)15-17(8-4)24-19/h8,17-20H,4-7,9-16H2,1-3H3/t17-,18?,19?,20-/m0/s1. The third kappa shape index (κ3) is 8.11. The maximum absolute atomic E-state index is 6.16. The topological polar surface area (TPSA) is 36.9 Å². The van der Waals surface area contributed by atoms with Gasteiger partial charge in [0.2, 0.25) is 0 Å². The Morgan fingerprint density at radius 3 is 2.21 bits per heavy atom. The fourth-order valence-electron chi connectivity index (χ4n) is 2.81. The smallest absolute Gasteiger partial charge is 0.112 e. The molecule has 0 N–H and O–H groups in total. The van der Waals surface area contributed by atoms with Crippen LogP contribution >= 0.6 is 0 Å². The molecule has 4 heteroatoms. The van der Waals surface area contributed by atoms with Crippen molar-refractivity contribution in [1.82, 2.24) is 0 Å². The molecule has 1 rings (SSSR count). The molecule has 2 unspecified atom stereocenters. The van der Waals surface area contributed by atoms with Crippen molar-refractivity contribution in [3.63, 3.8) is 0 Å². The minimum atomic E-state index is -0.0814. The molecular formula is C20H38O4. The molecule has 0 saturated carbocycles. The van der Waals surface area contributed by atoms with E-state index in [0.29, 0.717) is 6.61 Å². The molecule has 4 nitrogen and oxygen atoms in total. The Morgan fingerprint density at radius 2 is 1.58 bits per heavy atom. The normalized spacial score (nSPS) is 27.3. The van der Waals surface area contributed by atoms with Gasteiger partial charge in [-0.25, -0.2) is 0 Å². The summed E-state index contributed by atoms with van der Waals surface area (Å²) in [5, 5.41) is 0. The number of unbranched alkanes of at least 4 members (excludes halogenated alkanes) is 3. The minimum Gasteiger partial charge on any atom is -0.379 e. The summed E-state index contributed by atoms with van der Waals surface area (Å²) >= 11 is 0. The van der Waals surface area contributed by atoms with Gasteiger partial charge in [-0.3, -0.25) is 0 Å². The van der Waals surface area contributed by atoms with Crippen molar-refractivity contribution in [2.45, 2.75) is 90.1 Å². The molecule has 0 spiro atoms. The SMILES string of the molecule is C=C[C@H]1CC(OCCCC)[C@H](OCCCC)C(COCCCC)O1. The van der Waals surface area contributed by atoms with Gasteiger partial charge < -0.3 is 18.9 Å². The Labute approximate surface area is 148 Å². The Bertz CT molecular complexity index is 308. The van der Waals surface area contributed by atoms with E-state index in [1.54, 1.807) is 0 Å². The summed E-state index contributed by atoms with van der Waals surface area (Å²) in [7, 11) is 0. The van der Waals surface area contributed by atoms with Gasteiger partial charge in [0, 0.05) is 26.2 Å². The second kappa shape index (κ2) is 13.8. The van der Waals surface area contributed by atoms with Crippen LogP contribution in [-0.4, -0.2) is 50.8 Å². The maximum Gasteiger partial charge on any atom is 0.112 e. The van der Waals surface area contributed by atoms with E-state index in [1.807, 2.05) is 6.08 Å². The van der Waals surface area contributed by atoms with Crippen LogP contribution in [0.2, 0.25) is 0 Å². The van der Waals surface area contributed by atoms with Crippen molar-refractivity contribution < 1.29 is 18.9 Å². The zero-order chi connectivity index (χ0) is 17.6. The van der Waals surface area contributed by atoms with Gasteiger partial charge in [0.15, 0.2) is 0 Å². The Morgan fingerprint density at radius 1 is 0.958 bits per heavy atom. The predicted molar refractivity (Wildman–Crippen MR) is 98.5 cm³/mol. The molecule has 24 heavy (non-hydrogen) atoms. The second-order valence-corrected chi connectivity index (χ2v) is 6.56. The molecule has 1 aliphatic heterocycles. The number of ether oxygens (including phenoxy) is 4. The molecule has 0 bridgehead atoms. The van der Waals surface area contributed by atoms with E-state index >= 15 is 0 Å². The molecule has 0 aromatic heterocycles. The zero-order valence-corrected chi connectivity index (χ0v) is 16.0. The molecule has 1 fully saturated rings. The first-order valence-corrected chi connectivity index (χ1v) is 9.85. The van der Waals surface area contributed by atoms with E-state index in [-0.39, 0.29) is 24.4 Å². The van der Waals surface area contributed by atoms with Crippen molar-refractivity contribution in [1.29, 1.82) is 0 Å². The van der Waals surface area contributed by atoms with Gasteiger partial charge in [-0.2, -0.15) is 0 Å². The lowest BCUT2D eigenvalue weighted by Crippen LogP contribution is -2.52. The van der Waals surface area contributed by atoms with Gasteiger partial charge in [0.05, 0.1) is 18.8 Å². The monoisotopic (exact) mass is 342 g/mol. The highest BCUT2D eigenvalue weighted by Gasteiger charge is 2.39. The van der Waals surface area contributed by atoms with E-state index in [4.69, 9.17) is 18.9 Å². The van der Waals surface area contributed by atoms with Crippen LogP contribution in [0.4, 0.5) is 0 Å². The van der Waals surface area contributed by atoms with Crippen molar-refractivity contribution in [2.75, 3.05) is 26.4 Å². The van der Waals surface area contributed by atoms with Crippen molar-refractivity contribution in [2.24, 2.45) is 0 Å². The van der Waals surface area contributed by atoms with E-state index in [9.17, 15) is 0 Å². The minimum absolute atomic E-state index is 0.0161. The van der Waals surface area contributed by atoms with Crippen molar-refractivity contribution in [3.8, 4) is 0 Å². The molecule has 0 aromatic carbocycles. The lowest BCUT2D eigenvalue weighted by molar-refractivity contribution is -0.205. The van der Waals surface area contributed by atoms with Gasteiger partial charge in [-0.15, -0.1) is 6.58 Å². The highest BCUT2D eigenvalue weighted by Crippen LogP contribution is 2.27. The number of hydrogen-bond donors (Lipinski definition) is 0. The van der Waals surface area contributed by atoms with Crippen LogP contribution in [0.15, 0.2) is 12.7 Å². The molecule has 0 amide bonds. The second-order valence-electron chi connectivity index (χ2n) is 6.56. The molecule has 0 aliphatic carbocycles. The van der Waals surface area contributed by atoms with Gasteiger partial charge in [0.25, 0.3) is 0 Å². The molecule has 0 aromatic rings. The van der Waals surface area contributed by atoms with Crippen LogP contribution in [0, 0.1) is 0 Å². The van der Waals surface area contributed by atoms with Crippen molar-refractivity contribution in [3.05, 3.63) is 12.7 Å². The van der Waals surface area contributed by atoms with Crippen LogP contribution in [0.1, 0.15) is 65.7 Å². The van der Waals surface area contributed by atoms with Gasteiger partial charge in [-0.1, -0.05) is 46.1 Å². The molecule has 142 valence electrons. The molecular weight excluding hydrogens is 304 g/mol.